The Bertz CT molecular complexity index is 433. The average molecular weight is 275 g/mol. The summed E-state index contributed by atoms with van der Waals surface area (Å²) in [6.07, 6.45) is 4.08. The second kappa shape index (κ2) is 6.89. The van der Waals surface area contributed by atoms with Crippen molar-refractivity contribution in [1.82, 2.24) is 4.90 Å². The zero-order chi connectivity index (χ0) is 14.5. The first-order valence-electron chi connectivity index (χ1n) is 7.63. The minimum Gasteiger partial charge on any atom is -0.480 e. The van der Waals surface area contributed by atoms with Crippen molar-refractivity contribution in [1.29, 1.82) is 0 Å². The van der Waals surface area contributed by atoms with E-state index >= 15 is 0 Å². The van der Waals surface area contributed by atoms with Crippen LogP contribution in [0.3, 0.4) is 0 Å². The molecule has 1 fully saturated rings. The molecule has 0 aromatic heterocycles. The molecule has 0 aliphatic carbocycles. The van der Waals surface area contributed by atoms with E-state index in [1.165, 1.54) is 12.0 Å². The molecule has 0 radical (unpaired) electrons. The van der Waals surface area contributed by atoms with Crippen LogP contribution in [0.15, 0.2) is 24.3 Å². The number of hydrogen-bond acceptors (Lipinski definition) is 2. The van der Waals surface area contributed by atoms with Gasteiger partial charge < -0.3 is 5.11 Å². The largest absolute Gasteiger partial charge is 0.480 e. The number of carbonyl (C=O) groups is 1. The highest BCUT2D eigenvalue weighted by molar-refractivity contribution is 5.74. The predicted octanol–water partition coefficient (Wildman–Crippen LogP) is 3.29. The summed E-state index contributed by atoms with van der Waals surface area (Å²) in [7, 11) is 0. The molecule has 1 aromatic rings. The highest BCUT2D eigenvalue weighted by Gasteiger charge is 2.26. The molecule has 3 nitrogen and oxygen atoms in total. The molecule has 1 atom stereocenters. The van der Waals surface area contributed by atoms with Crippen molar-refractivity contribution in [3.05, 3.63) is 35.4 Å². The minimum absolute atomic E-state index is 0.375. The van der Waals surface area contributed by atoms with Gasteiger partial charge in [-0.05, 0) is 49.4 Å². The van der Waals surface area contributed by atoms with Crippen molar-refractivity contribution in [2.24, 2.45) is 0 Å². The lowest BCUT2D eigenvalue weighted by molar-refractivity contribution is -0.143. The van der Waals surface area contributed by atoms with Crippen LogP contribution in [-0.2, 0) is 11.2 Å². The van der Waals surface area contributed by atoms with Crippen LogP contribution in [0.1, 0.15) is 50.2 Å². The highest BCUT2D eigenvalue weighted by atomic mass is 16.4. The van der Waals surface area contributed by atoms with Crippen molar-refractivity contribution in [3.63, 3.8) is 0 Å². The summed E-state index contributed by atoms with van der Waals surface area (Å²) in [5, 5.41) is 9.49. The third-order valence-corrected chi connectivity index (χ3v) is 4.19. The lowest BCUT2D eigenvalue weighted by Gasteiger charge is -2.32. The summed E-state index contributed by atoms with van der Waals surface area (Å²) < 4.78 is 0. The van der Waals surface area contributed by atoms with Gasteiger partial charge in [0.15, 0.2) is 0 Å². The van der Waals surface area contributed by atoms with Crippen molar-refractivity contribution in [2.45, 2.75) is 51.5 Å². The summed E-state index contributed by atoms with van der Waals surface area (Å²) >= 11 is 0. The fraction of sp³-hybridized carbons (Fsp3) is 0.588. The number of hydrogen-bond donors (Lipinski definition) is 1. The molecule has 1 unspecified atom stereocenters. The number of piperidine rings is 1. The molecule has 1 N–H and O–H groups in total. The first-order chi connectivity index (χ1) is 9.58. The number of rotatable bonds is 5. The second-order valence-corrected chi connectivity index (χ2v) is 6.05. The van der Waals surface area contributed by atoms with Gasteiger partial charge in [-0.2, -0.15) is 0 Å². The number of carboxylic acids is 1. The Morgan fingerprint density at radius 2 is 1.75 bits per heavy atom. The average Bonchev–Trinajstić information content (AvgIpc) is 2.46. The van der Waals surface area contributed by atoms with Crippen molar-refractivity contribution in [2.75, 3.05) is 13.1 Å². The highest BCUT2D eigenvalue weighted by Crippen LogP contribution is 2.19. The van der Waals surface area contributed by atoms with Crippen molar-refractivity contribution < 1.29 is 9.90 Å². The maximum atomic E-state index is 11.5. The number of benzene rings is 1. The molecule has 3 heteroatoms. The number of nitrogens with zero attached hydrogens (tertiary/aromatic N) is 1. The Balaban J connectivity index is 2.05. The maximum Gasteiger partial charge on any atom is 0.321 e. The molecular weight excluding hydrogens is 250 g/mol. The van der Waals surface area contributed by atoms with Crippen molar-refractivity contribution in [3.8, 4) is 0 Å². The van der Waals surface area contributed by atoms with Crippen LogP contribution >= 0.6 is 0 Å². The lowest BCUT2D eigenvalue weighted by Crippen LogP contribution is -2.45. The van der Waals surface area contributed by atoms with E-state index in [4.69, 9.17) is 0 Å². The van der Waals surface area contributed by atoms with Crippen LogP contribution in [-0.4, -0.2) is 35.1 Å². The minimum atomic E-state index is -0.695. The Morgan fingerprint density at radius 1 is 1.15 bits per heavy atom. The van der Waals surface area contributed by atoms with Gasteiger partial charge in [-0.3, -0.25) is 9.69 Å². The summed E-state index contributed by atoms with van der Waals surface area (Å²) in [6, 6.07) is 8.02. The van der Waals surface area contributed by atoms with E-state index in [2.05, 4.69) is 43.0 Å². The lowest BCUT2D eigenvalue weighted by atomic mass is 9.97. The van der Waals surface area contributed by atoms with Gasteiger partial charge in [-0.25, -0.2) is 0 Å². The van der Waals surface area contributed by atoms with E-state index in [0.29, 0.717) is 12.3 Å². The molecule has 0 spiro atoms. The SMILES string of the molecule is CC(C)c1ccc(CC(C(=O)O)N2CCCCC2)cc1. The Kier molecular flexibility index (Phi) is 5.18. The van der Waals surface area contributed by atoms with Crippen LogP contribution in [0.25, 0.3) is 0 Å². The molecular formula is C17H25NO2. The third kappa shape index (κ3) is 3.83. The molecule has 1 aliphatic rings. The smallest absolute Gasteiger partial charge is 0.321 e. The molecule has 110 valence electrons. The summed E-state index contributed by atoms with van der Waals surface area (Å²) in [5.41, 5.74) is 2.42. The fourth-order valence-corrected chi connectivity index (χ4v) is 2.86. The quantitative estimate of drug-likeness (QED) is 0.896. The molecule has 1 saturated heterocycles. The van der Waals surface area contributed by atoms with Crippen molar-refractivity contribution >= 4 is 5.97 Å². The van der Waals surface area contributed by atoms with Crippen LogP contribution in [0.5, 0.6) is 0 Å². The van der Waals surface area contributed by atoms with E-state index < -0.39 is 5.97 Å². The van der Waals surface area contributed by atoms with E-state index in [1.807, 2.05) is 0 Å². The van der Waals surface area contributed by atoms with Gasteiger partial charge in [0.05, 0.1) is 0 Å². The molecule has 1 heterocycles. The monoisotopic (exact) mass is 275 g/mol. The first kappa shape index (κ1) is 15.0. The standard InChI is InChI=1S/C17H25NO2/c1-13(2)15-8-6-14(7-9-15)12-16(17(19)20)18-10-4-3-5-11-18/h6-9,13,16H,3-5,10-12H2,1-2H3,(H,19,20). The molecule has 0 amide bonds. The fourth-order valence-electron chi connectivity index (χ4n) is 2.86. The zero-order valence-electron chi connectivity index (χ0n) is 12.5. The summed E-state index contributed by atoms with van der Waals surface area (Å²) in [5.74, 6) is -0.179. The maximum absolute atomic E-state index is 11.5. The molecule has 0 bridgehead atoms. The van der Waals surface area contributed by atoms with E-state index in [0.717, 1.165) is 31.5 Å². The van der Waals surface area contributed by atoms with Crippen LogP contribution in [0, 0.1) is 0 Å². The number of aliphatic carboxylic acids is 1. The normalized spacial score (nSPS) is 18.1. The zero-order valence-corrected chi connectivity index (χ0v) is 12.5. The van der Waals surface area contributed by atoms with Gasteiger partial charge in [-0.1, -0.05) is 44.5 Å². The molecule has 2 rings (SSSR count). The first-order valence-corrected chi connectivity index (χ1v) is 7.63. The van der Waals surface area contributed by atoms with E-state index in [9.17, 15) is 9.90 Å². The Hall–Kier alpha value is -1.35. The second-order valence-electron chi connectivity index (χ2n) is 6.05. The van der Waals surface area contributed by atoms with E-state index in [-0.39, 0.29) is 6.04 Å². The summed E-state index contributed by atoms with van der Waals surface area (Å²) in [4.78, 5) is 13.7. The van der Waals surface area contributed by atoms with Gasteiger partial charge in [0, 0.05) is 0 Å². The Labute approximate surface area is 121 Å². The van der Waals surface area contributed by atoms with Crippen LogP contribution in [0.4, 0.5) is 0 Å². The molecule has 0 saturated carbocycles. The van der Waals surface area contributed by atoms with E-state index in [1.54, 1.807) is 0 Å². The number of carboxylic acid groups (broad SMARTS) is 1. The number of likely N-dealkylation sites (tertiary alicyclic amines) is 1. The van der Waals surface area contributed by atoms with Gasteiger partial charge in [0.1, 0.15) is 6.04 Å². The molecule has 1 aliphatic heterocycles. The van der Waals surface area contributed by atoms with Crippen LogP contribution in [0.2, 0.25) is 0 Å². The van der Waals surface area contributed by atoms with Gasteiger partial charge in [0.2, 0.25) is 0 Å². The van der Waals surface area contributed by atoms with Gasteiger partial charge in [0.25, 0.3) is 0 Å². The Morgan fingerprint density at radius 3 is 2.25 bits per heavy atom. The van der Waals surface area contributed by atoms with Gasteiger partial charge in [-0.15, -0.1) is 0 Å². The summed E-state index contributed by atoms with van der Waals surface area (Å²) in [6.45, 7) is 6.17. The predicted molar refractivity (Wildman–Crippen MR) is 81.1 cm³/mol. The van der Waals surface area contributed by atoms with Gasteiger partial charge >= 0.3 is 5.97 Å². The molecule has 1 aromatic carbocycles. The topological polar surface area (TPSA) is 40.5 Å². The molecule has 20 heavy (non-hydrogen) atoms. The third-order valence-electron chi connectivity index (χ3n) is 4.19. The van der Waals surface area contributed by atoms with Crippen LogP contribution < -0.4 is 0 Å².